The Morgan fingerprint density at radius 1 is 1.44 bits per heavy atom. The van der Waals surface area contributed by atoms with Crippen LogP contribution in [0.3, 0.4) is 0 Å². The highest BCUT2D eigenvalue weighted by Gasteiger charge is 2.19. The van der Waals surface area contributed by atoms with Gasteiger partial charge in [0.05, 0.1) is 6.54 Å². The lowest BCUT2D eigenvalue weighted by Gasteiger charge is -2.32. The predicted molar refractivity (Wildman–Crippen MR) is 68.4 cm³/mol. The first-order valence-corrected chi connectivity index (χ1v) is 6.47. The Bertz CT molecular complexity index is 284. The quantitative estimate of drug-likeness (QED) is 0.573. The third kappa shape index (κ3) is 5.97. The molecule has 1 fully saturated rings. The van der Waals surface area contributed by atoms with Crippen LogP contribution in [0.5, 0.6) is 0 Å². The van der Waals surface area contributed by atoms with Gasteiger partial charge in [0.25, 0.3) is 0 Å². The van der Waals surface area contributed by atoms with Crippen LogP contribution < -0.4 is 10.6 Å². The normalized spacial score (nSPS) is 20.6. The number of nitrogens with zero attached hydrogens (tertiary/aromatic N) is 1. The van der Waals surface area contributed by atoms with Gasteiger partial charge in [-0.1, -0.05) is 0 Å². The number of carbonyl (C=O) groups excluding carboxylic acids is 1. The highest BCUT2D eigenvalue weighted by atomic mass is 16.4. The van der Waals surface area contributed by atoms with Crippen molar-refractivity contribution in [2.45, 2.75) is 19.3 Å². The van der Waals surface area contributed by atoms with Gasteiger partial charge in [-0.15, -0.1) is 0 Å². The maximum atomic E-state index is 11.2. The van der Waals surface area contributed by atoms with Crippen molar-refractivity contribution in [3.63, 3.8) is 0 Å². The van der Waals surface area contributed by atoms with Crippen LogP contribution in [0.2, 0.25) is 0 Å². The first kappa shape index (κ1) is 14.9. The lowest BCUT2D eigenvalue weighted by atomic mass is 9.98. The van der Waals surface area contributed by atoms with Gasteiger partial charge < -0.3 is 20.6 Å². The molecule has 1 unspecified atom stereocenters. The average molecular weight is 257 g/mol. The van der Waals surface area contributed by atoms with Gasteiger partial charge in [0.1, 0.15) is 0 Å². The van der Waals surface area contributed by atoms with Crippen LogP contribution >= 0.6 is 0 Å². The van der Waals surface area contributed by atoms with Crippen LogP contribution in [0.25, 0.3) is 0 Å². The third-order valence-corrected chi connectivity index (χ3v) is 3.25. The average Bonchev–Trinajstić information content (AvgIpc) is 2.36. The van der Waals surface area contributed by atoms with Crippen LogP contribution in [0.1, 0.15) is 19.3 Å². The van der Waals surface area contributed by atoms with Gasteiger partial charge in [0.15, 0.2) is 0 Å². The molecule has 1 aliphatic rings. The fourth-order valence-electron chi connectivity index (χ4n) is 2.29. The number of likely N-dealkylation sites (tertiary alicyclic amines) is 1. The molecule has 6 nitrogen and oxygen atoms in total. The molecule has 0 aromatic carbocycles. The minimum Gasteiger partial charge on any atom is -0.480 e. The van der Waals surface area contributed by atoms with Crippen molar-refractivity contribution in [3.05, 3.63) is 0 Å². The van der Waals surface area contributed by atoms with E-state index >= 15 is 0 Å². The molecule has 3 N–H and O–H groups in total. The van der Waals surface area contributed by atoms with E-state index in [4.69, 9.17) is 5.11 Å². The maximum absolute atomic E-state index is 11.2. The van der Waals surface area contributed by atoms with E-state index in [1.807, 2.05) is 0 Å². The second-order valence-corrected chi connectivity index (χ2v) is 4.76. The van der Waals surface area contributed by atoms with Crippen molar-refractivity contribution in [2.75, 3.05) is 39.8 Å². The molecule has 0 bridgehead atoms. The number of piperidine rings is 1. The molecular weight excluding hydrogens is 234 g/mol. The molecule has 1 heterocycles. The molecule has 104 valence electrons. The van der Waals surface area contributed by atoms with E-state index in [9.17, 15) is 9.59 Å². The van der Waals surface area contributed by atoms with E-state index in [-0.39, 0.29) is 12.5 Å². The molecule has 0 aliphatic carbocycles. The predicted octanol–water partition coefficient (Wildman–Crippen LogP) is -0.491. The maximum Gasteiger partial charge on any atom is 0.317 e. The molecule has 0 spiro atoms. The first-order chi connectivity index (χ1) is 8.61. The molecule has 0 aromatic rings. The zero-order valence-electron chi connectivity index (χ0n) is 10.9. The Kier molecular flexibility index (Phi) is 6.67. The monoisotopic (exact) mass is 257 g/mol. The summed E-state index contributed by atoms with van der Waals surface area (Å²) in [5, 5.41) is 14.1. The van der Waals surface area contributed by atoms with Crippen molar-refractivity contribution in [1.82, 2.24) is 15.5 Å². The molecule has 1 aliphatic heterocycles. The van der Waals surface area contributed by atoms with Gasteiger partial charge in [0, 0.05) is 26.6 Å². The number of hydrogen-bond acceptors (Lipinski definition) is 4. The van der Waals surface area contributed by atoms with E-state index < -0.39 is 5.97 Å². The van der Waals surface area contributed by atoms with Gasteiger partial charge in [0.2, 0.25) is 5.91 Å². The zero-order chi connectivity index (χ0) is 13.4. The largest absolute Gasteiger partial charge is 0.480 e. The van der Waals surface area contributed by atoms with Gasteiger partial charge >= 0.3 is 5.97 Å². The number of carboxylic acids is 1. The zero-order valence-corrected chi connectivity index (χ0v) is 10.9. The van der Waals surface area contributed by atoms with E-state index in [0.717, 1.165) is 39.0 Å². The van der Waals surface area contributed by atoms with Crippen LogP contribution in [-0.2, 0) is 9.59 Å². The Balaban J connectivity index is 2.19. The van der Waals surface area contributed by atoms with Crippen molar-refractivity contribution in [1.29, 1.82) is 0 Å². The molecule has 1 atom stereocenters. The first-order valence-electron chi connectivity index (χ1n) is 6.47. The fraction of sp³-hybridized carbons (Fsp3) is 0.833. The topological polar surface area (TPSA) is 81.7 Å². The van der Waals surface area contributed by atoms with Crippen molar-refractivity contribution >= 4 is 11.9 Å². The number of carboxylic acid groups (broad SMARTS) is 1. The Labute approximate surface area is 108 Å². The Morgan fingerprint density at radius 2 is 2.22 bits per heavy atom. The highest BCUT2D eigenvalue weighted by Crippen LogP contribution is 2.15. The summed E-state index contributed by atoms with van der Waals surface area (Å²) in [5.74, 6) is -0.258. The second-order valence-electron chi connectivity index (χ2n) is 4.76. The standard InChI is InChI=1S/C12H23N3O3/c1-13-11(16)4-6-15-5-2-3-10(9-15)7-14-8-12(17)18/h10,14H,2-9H2,1H3,(H,13,16)(H,17,18). The van der Waals surface area contributed by atoms with Gasteiger partial charge in [-0.25, -0.2) is 0 Å². The SMILES string of the molecule is CNC(=O)CCN1CCCC(CNCC(=O)O)C1. The summed E-state index contributed by atoms with van der Waals surface area (Å²) in [5.41, 5.74) is 0. The Morgan fingerprint density at radius 3 is 2.89 bits per heavy atom. The summed E-state index contributed by atoms with van der Waals surface area (Å²) in [6, 6.07) is 0. The van der Waals surface area contributed by atoms with Gasteiger partial charge in [-0.05, 0) is 31.8 Å². The number of carbonyl (C=O) groups is 2. The second kappa shape index (κ2) is 8.05. The molecule has 1 amide bonds. The molecule has 0 saturated carbocycles. The lowest BCUT2D eigenvalue weighted by Crippen LogP contribution is -2.41. The van der Waals surface area contributed by atoms with E-state index in [1.54, 1.807) is 7.05 Å². The lowest BCUT2D eigenvalue weighted by molar-refractivity contribution is -0.136. The Hall–Kier alpha value is -1.14. The summed E-state index contributed by atoms with van der Waals surface area (Å²) in [7, 11) is 1.65. The summed E-state index contributed by atoms with van der Waals surface area (Å²) in [6.07, 6.45) is 2.78. The van der Waals surface area contributed by atoms with Crippen LogP contribution in [0.15, 0.2) is 0 Å². The summed E-state index contributed by atoms with van der Waals surface area (Å²) in [4.78, 5) is 23.8. The summed E-state index contributed by atoms with van der Waals surface area (Å²) < 4.78 is 0. The minimum atomic E-state index is -0.817. The van der Waals surface area contributed by atoms with Crippen LogP contribution in [0.4, 0.5) is 0 Å². The van der Waals surface area contributed by atoms with Crippen LogP contribution in [0, 0.1) is 5.92 Å². The number of hydrogen-bond donors (Lipinski definition) is 3. The number of aliphatic carboxylic acids is 1. The van der Waals surface area contributed by atoms with Crippen molar-refractivity contribution in [3.8, 4) is 0 Å². The summed E-state index contributed by atoms with van der Waals surface area (Å²) >= 11 is 0. The summed E-state index contributed by atoms with van der Waals surface area (Å²) in [6.45, 7) is 3.53. The third-order valence-electron chi connectivity index (χ3n) is 3.25. The molecule has 1 rings (SSSR count). The smallest absolute Gasteiger partial charge is 0.317 e. The van der Waals surface area contributed by atoms with Crippen molar-refractivity contribution in [2.24, 2.45) is 5.92 Å². The van der Waals surface area contributed by atoms with Crippen LogP contribution in [-0.4, -0.2) is 61.7 Å². The molecule has 18 heavy (non-hydrogen) atoms. The number of nitrogens with one attached hydrogen (secondary N) is 2. The number of rotatable bonds is 7. The molecule has 1 saturated heterocycles. The number of amides is 1. The molecule has 0 aromatic heterocycles. The van der Waals surface area contributed by atoms with E-state index in [0.29, 0.717) is 12.3 Å². The molecule has 0 radical (unpaired) electrons. The van der Waals surface area contributed by atoms with E-state index in [1.165, 1.54) is 0 Å². The van der Waals surface area contributed by atoms with Gasteiger partial charge in [-0.3, -0.25) is 9.59 Å². The van der Waals surface area contributed by atoms with E-state index in [2.05, 4.69) is 15.5 Å². The molecular formula is C12H23N3O3. The van der Waals surface area contributed by atoms with Crippen molar-refractivity contribution < 1.29 is 14.7 Å². The fourth-order valence-corrected chi connectivity index (χ4v) is 2.29. The highest BCUT2D eigenvalue weighted by molar-refractivity contribution is 5.75. The molecule has 6 heteroatoms. The minimum absolute atomic E-state index is 0.0226. The van der Waals surface area contributed by atoms with Gasteiger partial charge in [-0.2, -0.15) is 0 Å².